The Morgan fingerprint density at radius 3 is 2.25 bits per heavy atom. The topological polar surface area (TPSA) is 46.6 Å². The lowest BCUT2D eigenvalue weighted by atomic mass is 10.1. The van der Waals surface area contributed by atoms with E-state index in [1.807, 2.05) is 0 Å². The van der Waals surface area contributed by atoms with Gasteiger partial charge in [0.1, 0.15) is 5.75 Å². The number of hydrogen-bond donors (Lipinski definition) is 0. The molecule has 0 unspecified atom stereocenters. The summed E-state index contributed by atoms with van der Waals surface area (Å²) in [6.45, 7) is -0.168. The van der Waals surface area contributed by atoms with Crippen LogP contribution in [-0.2, 0) is 22.7 Å². The fourth-order valence-corrected chi connectivity index (χ4v) is 3.27. The Labute approximate surface area is 138 Å². The number of ether oxygens (including phenoxy) is 1. The zero-order chi connectivity index (χ0) is 18.0. The number of halogens is 3. The normalized spacial score (nSPS) is 12.4. The summed E-state index contributed by atoms with van der Waals surface area (Å²) in [6, 6.07) is 10.4. The standard InChI is InChI=1S/C16H16F3NO3S/c1-20(11-12-4-3-5-13(10-12)16(17,18)19)24(21,22)15-8-6-14(23-2)7-9-15/h3-10H,11H2,1-2H3. The van der Waals surface area contributed by atoms with Gasteiger partial charge in [-0.1, -0.05) is 18.2 Å². The summed E-state index contributed by atoms with van der Waals surface area (Å²) in [5, 5.41) is 0. The predicted octanol–water partition coefficient (Wildman–Crippen LogP) is 3.53. The van der Waals surface area contributed by atoms with E-state index in [0.29, 0.717) is 5.75 Å². The molecule has 0 saturated carbocycles. The molecule has 0 fully saturated rings. The second-order valence-corrected chi connectivity index (χ2v) is 7.18. The van der Waals surface area contributed by atoms with E-state index in [9.17, 15) is 21.6 Å². The Balaban J connectivity index is 2.23. The lowest BCUT2D eigenvalue weighted by molar-refractivity contribution is -0.137. The van der Waals surface area contributed by atoms with Gasteiger partial charge in [-0.15, -0.1) is 0 Å². The molecule has 0 atom stereocenters. The number of benzene rings is 2. The van der Waals surface area contributed by atoms with Crippen LogP contribution in [0.3, 0.4) is 0 Å². The maximum atomic E-state index is 12.7. The Morgan fingerprint density at radius 1 is 1.08 bits per heavy atom. The van der Waals surface area contributed by atoms with Crippen LogP contribution in [0, 0.1) is 0 Å². The van der Waals surface area contributed by atoms with Crippen LogP contribution in [0.1, 0.15) is 11.1 Å². The fraction of sp³-hybridized carbons (Fsp3) is 0.250. The van der Waals surface area contributed by atoms with Crippen molar-refractivity contribution in [2.24, 2.45) is 0 Å². The van der Waals surface area contributed by atoms with E-state index in [1.165, 1.54) is 50.6 Å². The first-order valence-electron chi connectivity index (χ1n) is 6.91. The summed E-state index contributed by atoms with van der Waals surface area (Å²) in [4.78, 5) is 0.0396. The molecule has 0 amide bonds. The van der Waals surface area contributed by atoms with Gasteiger partial charge < -0.3 is 4.74 Å². The molecule has 8 heteroatoms. The molecule has 0 aliphatic rings. The van der Waals surface area contributed by atoms with Gasteiger partial charge in [-0.2, -0.15) is 17.5 Å². The van der Waals surface area contributed by atoms with Gasteiger partial charge in [-0.25, -0.2) is 8.42 Å². The summed E-state index contributed by atoms with van der Waals surface area (Å²) in [5.74, 6) is 0.509. The highest BCUT2D eigenvalue weighted by Gasteiger charge is 2.30. The first kappa shape index (κ1) is 18.3. The van der Waals surface area contributed by atoms with Gasteiger partial charge in [0.15, 0.2) is 0 Å². The molecule has 130 valence electrons. The first-order chi connectivity index (χ1) is 11.1. The Hall–Kier alpha value is -2.06. The summed E-state index contributed by atoms with van der Waals surface area (Å²) in [7, 11) is -1.03. The number of nitrogens with zero attached hydrogens (tertiary/aromatic N) is 1. The molecular weight excluding hydrogens is 343 g/mol. The second-order valence-electron chi connectivity index (χ2n) is 5.13. The van der Waals surface area contributed by atoms with Crippen LogP contribution in [0.2, 0.25) is 0 Å². The minimum Gasteiger partial charge on any atom is -0.497 e. The average molecular weight is 359 g/mol. The molecule has 0 N–H and O–H groups in total. The first-order valence-corrected chi connectivity index (χ1v) is 8.35. The molecule has 0 spiro atoms. The molecule has 4 nitrogen and oxygen atoms in total. The van der Waals surface area contributed by atoms with Crippen molar-refractivity contribution in [2.75, 3.05) is 14.2 Å². The molecule has 0 radical (unpaired) electrons. The van der Waals surface area contributed by atoms with Crippen LogP contribution >= 0.6 is 0 Å². The zero-order valence-corrected chi connectivity index (χ0v) is 13.9. The molecule has 2 aromatic rings. The van der Waals surface area contributed by atoms with Crippen LogP contribution in [0.5, 0.6) is 5.75 Å². The molecule has 2 aromatic carbocycles. The number of rotatable bonds is 5. The van der Waals surface area contributed by atoms with Crippen molar-refractivity contribution in [3.05, 3.63) is 59.7 Å². The molecule has 0 aliphatic carbocycles. The van der Waals surface area contributed by atoms with Crippen LogP contribution < -0.4 is 4.74 Å². The molecular formula is C16H16F3NO3S. The third-order valence-corrected chi connectivity index (χ3v) is 5.24. The van der Waals surface area contributed by atoms with Crippen LogP contribution in [0.4, 0.5) is 13.2 Å². The SMILES string of the molecule is COc1ccc(S(=O)(=O)N(C)Cc2cccc(C(F)(F)F)c2)cc1. The molecule has 0 aliphatic heterocycles. The third-order valence-electron chi connectivity index (χ3n) is 3.43. The van der Waals surface area contributed by atoms with Crippen molar-refractivity contribution < 1.29 is 26.3 Å². The van der Waals surface area contributed by atoms with Crippen molar-refractivity contribution in [2.45, 2.75) is 17.6 Å². The largest absolute Gasteiger partial charge is 0.497 e. The van der Waals surface area contributed by atoms with Gasteiger partial charge in [-0.05, 0) is 35.9 Å². The van der Waals surface area contributed by atoms with Crippen molar-refractivity contribution in [3.63, 3.8) is 0 Å². The number of methoxy groups -OCH3 is 1. The van der Waals surface area contributed by atoms with Crippen molar-refractivity contribution >= 4 is 10.0 Å². The average Bonchev–Trinajstić information content (AvgIpc) is 2.54. The summed E-state index contributed by atoms with van der Waals surface area (Å²) < 4.78 is 69.1. The van der Waals surface area contributed by atoms with Crippen molar-refractivity contribution in [1.82, 2.24) is 4.31 Å². The molecule has 0 heterocycles. The van der Waals surface area contributed by atoms with Gasteiger partial charge in [0.2, 0.25) is 10.0 Å². The smallest absolute Gasteiger partial charge is 0.416 e. The van der Waals surface area contributed by atoms with E-state index in [1.54, 1.807) is 0 Å². The fourth-order valence-electron chi connectivity index (χ4n) is 2.12. The van der Waals surface area contributed by atoms with Gasteiger partial charge in [-0.3, -0.25) is 0 Å². The third kappa shape index (κ3) is 4.07. The second kappa shape index (κ2) is 6.82. The minimum absolute atomic E-state index is 0.0396. The van der Waals surface area contributed by atoms with E-state index in [-0.39, 0.29) is 17.0 Å². The number of alkyl halides is 3. The lowest BCUT2D eigenvalue weighted by Gasteiger charge is -2.18. The maximum absolute atomic E-state index is 12.7. The van der Waals surface area contributed by atoms with Gasteiger partial charge >= 0.3 is 6.18 Å². The predicted molar refractivity (Wildman–Crippen MR) is 83.1 cm³/mol. The Kier molecular flexibility index (Phi) is 5.19. The lowest BCUT2D eigenvalue weighted by Crippen LogP contribution is -2.26. The summed E-state index contributed by atoms with van der Waals surface area (Å²) >= 11 is 0. The summed E-state index contributed by atoms with van der Waals surface area (Å²) in [5.41, 5.74) is -0.556. The van der Waals surface area contributed by atoms with Gasteiger partial charge in [0.05, 0.1) is 17.6 Å². The van der Waals surface area contributed by atoms with Gasteiger partial charge in [0, 0.05) is 13.6 Å². The molecule has 0 saturated heterocycles. The van der Waals surface area contributed by atoms with E-state index in [4.69, 9.17) is 4.74 Å². The van der Waals surface area contributed by atoms with Crippen LogP contribution in [0.15, 0.2) is 53.4 Å². The highest BCUT2D eigenvalue weighted by molar-refractivity contribution is 7.89. The molecule has 2 rings (SSSR count). The van der Waals surface area contributed by atoms with E-state index in [0.717, 1.165) is 16.4 Å². The number of sulfonamides is 1. The Morgan fingerprint density at radius 2 is 1.71 bits per heavy atom. The number of hydrogen-bond acceptors (Lipinski definition) is 3. The van der Waals surface area contributed by atoms with Gasteiger partial charge in [0.25, 0.3) is 0 Å². The van der Waals surface area contributed by atoms with Crippen molar-refractivity contribution in [1.29, 1.82) is 0 Å². The quantitative estimate of drug-likeness (QED) is 0.820. The van der Waals surface area contributed by atoms with E-state index in [2.05, 4.69) is 0 Å². The Bertz CT molecular complexity index is 802. The minimum atomic E-state index is -4.47. The highest BCUT2D eigenvalue weighted by atomic mass is 32.2. The summed E-state index contributed by atoms with van der Waals surface area (Å²) in [6.07, 6.45) is -4.47. The molecule has 0 aromatic heterocycles. The highest BCUT2D eigenvalue weighted by Crippen LogP contribution is 2.30. The van der Waals surface area contributed by atoms with Crippen LogP contribution in [0.25, 0.3) is 0 Å². The van der Waals surface area contributed by atoms with E-state index >= 15 is 0 Å². The van der Waals surface area contributed by atoms with Crippen molar-refractivity contribution in [3.8, 4) is 5.75 Å². The molecule has 0 bridgehead atoms. The van der Waals surface area contributed by atoms with Crippen LogP contribution in [-0.4, -0.2) is 26.9 Å². The zero-order valence-electron chi connectivity index (χ0n) is 13.0. The molecule has 24 heavy (non-hydrogen) atoms. The monoisotopic (exact) mass is 359 g/mol. The van der Waals surface area contributed by atoms with E-state index < -0.39 is 21.8 Å². The maximum Gasteiger partial charge on any atom is 0.416 e.